The van der Waals surface area contributed by atoms with Crippen molar-refractivity contribution >= 4 is 9.84 Å². The summed E-state index contributed by atoms with van der Waals surface area (Å²) in [6.07, 6.45) is 11.8. The number of benzene rings is 2. The zero-order valence-corrected chi connectivity index (χ0v) is 25.5. The molecule has 4 rings (SSSR count). The minimum Gasteiger partial charge on any atom is -0.463 e. The van der Waals surface area contributed by atoms with Gasteiger partial charge in [0.15, 0.2) is 9.84 Å². The predicted octanol–water partition coefficient (Wildman–Crippen LogP) is 6.05. The first-order chi connectivity index (χ1) is 19.7. The lowest BCUT2D eigenvalue weighted by atomic mass is 10.0. The van der Waals surface area contributed by atoms with E-state index < -0.39 is 21.7 Å². The van der Waals surface area contributed by atoms with Gasteiger partial charge in [-0.3, -0.25) is 0 Å². The number of hydrogen-bond donors (Lipinski definition) is 2. The van der Waals surface area contributed by atoms with Gasteiger partial charge in [0.2, 0.25) is 5.79 Å². The number of unbranched alkanes of at least 4 members (excludes halogenated alkanes) is 4. The third-order valence-corrected chi connectivity index (χ3v) is 9.94. The number of nitrogens with one attached hydrogen (secondary N) is 1. The largest absolute Gasteiger partial charge is 0.463 e. The fraction of sp³-hybridized carbons (Fsp3) is 0.576. The SMILES string of the molecule is CC1(C)OCc2cc(C(O)CNCCCCCCOCCCCc3cccc(S(=O)(=O)C4CC=CC4)c3)ccc2O1. The third-order valence-electron chi connectivity index (χ3n) is 7.76. The molecule has 8 heteroatoms. The fourth-order valence-corrected chi connectivity index (χ4v) is 6.98. The lowest BCUT2D eigenvalue weighted by Gasteiger charge is -2.33. The van der Waals surface area contributed by atoms with E-state index in [1.54, 1.807) is 6.07 Å². The molecule has 0 aromatic heterocycles. The Morgan fingerprint density at radius 1 is 1.00 bits per heavy atom. The molecule has 41 heavy (non-hydrogen) atoms. The second-order valence-corrected chi connectivity index (χ2v) is 13.8. The first-order valence-corrected chi connectivity index (χ1v) is 16.7. The zero-order chi connectivity index (χ0) is 29.1. The van der Waals surface area contributed by atoms with Crippen LogP contribution < -0.4 is 10.1 Å². The van der Waals surface area contributed by atoms with Crippen molar-refractivity contribution in [2.24, 2.45) is 0 Å². The number of allylic oxidation sites excluding steroid dienone is 2. The highest BCUT2D eigenvalue weighted by Crippen LogP contribution is 2.33. The lowest BCUT2D eigenvalue weighted by Crippen LogP contribution is -2.35. The summed E-state index contributed by atoms with van der Waals surface area (Å²) in [4.78, 5) is 0.455. The minimum absolute atomic E-state index is 0.305. The number of aliphatic hydroxyl groups is 1. The second kappa shape index (κ2) is 15.3. The molecule has 1 aliphatic heterocycles. The summed E-state index contributed by atoms with van der Waals surface area (Å²) in [5.74, 6) is 0.207. The number of sulfone groups is 1. The third kappa shape index (κ3) is 9.65. The molecule has 2 aromatic carbocycles. The molecule has 1 aliphatic carbocycles. The molecule has 0 radical (unpaired) electrons. The van der Waals surface area contributed by atoms with Crippen molar-refractivity contribution in [3.8, 4) is 5.75 Å². The van der Waals surface area contributed by atoms with Crippen LogP contribution in [0, 0.1) is 0 Å². The van der Waals surface area contributed by atoms with E-state index in [2.05, 4.69) is 5.32 Å². The van der Waals surface area contributed by atoms with E-state index in [9.17, 15) is 13.5 Å². The molecule has 1 unspecified atom stereocenters. The van der Waals surface area contributed by atoms with Crippen LogP contribution >= 0.6 is 0 Å². The summed E-state index contributed by atoms with van der Waals surface area (Å²) < 4.78 is 43.0. The monoisotopic (exact) mass is 585 g/mol. The Labute approximate surface area is 246 Å². The Balaban J connectivity index is 0.987. The number of aryl methyl sites for hydroxylation is 1. The van der Waals surface area contributed by atoms with Crippen molar-refractivity contribution in [2.75, 3.05) is 26.3 Å². The van der Waals surface area contributed by atoms with Gasteiger partial charge in [0.25, 0.3) is 0 Å². The van der Waals surface area contributed by atoms with Gasteiger partial charge in [-0.1, -0.05) is 43.2 Å². The number of aliphatic hydroxyl groups excluding tert-OH is 1. The molecule has 0 saturated carbocycles. The predicted molar refractivity (Wildman–Crippen MR) is 162 cm³/mol. The van der Waals surface area contributed by atoms with Crippen LogP contribution in [0.5, 0.6) is 5.75 Å². The second-order valence-electron chi connectivity index (χ2n) is 11.6. The van der Waals surface area contributed by atoms with Crippen molar-refractivity contribution in [2.45, 2.75) is 100 Å². The van der Waals surface area contributed by atoms with Crippen LogP contribution in [-0.2, 0) is 32.3 Å². The van der Waals surface area contributed by atoms with E-state index >= 15 is 0 Å². The van der Waals surface area contributed by atoms with E-state index in [1.165, 1.54) is 0 Å². The topological polar surface area (TPSA) is 94.1 Å². The molecule has 1 atom stereocenters. The molecule has 0 fully saturated rings. The number of hydrogen-bond acceptors (Lipinski definition) is 7. The highest BCUT2D eigenvalue weighted by Gasteiger charge is 2.28. The molecule has 1 heterocycles. The Bertz CT molecular complexity index is 1230. The summed E-state index contributed by atoms with van der Waals surface area (Å²) in [6.45, 7) is 7.20. The molecule has 226 valence electrons. The molecular weight excluding hydrogens is 538 g/mol. The van der Waals surface area contributed by atoms with Gasteiger partial charge in [0.05, 0.1) is 22.9 Å². The molecule has 0 saturated heterocycles. The van der Waals surface area contributed by atoms with E-state index in [1.807, 2.05) is 62.4 Å². The molecule has 7 nitrogen and oxygen atoms in total. The standard InChI is InChI=1S/C33H47NO6S/c1-33(2)39-25-28-23-27(17-18-32(28)40-33)31(35)24-34-19-8-3-4-9-20-38-21-10-7-12-26-13-11-16-30(22-26)41(36,37)29-14-5-6-15-29/h5-6,11,13,16-18,22-23,29,31,34-35H,3-4,7-10,12,14-15,19-21,24-25H2,1-2H3. The van der Waals surface area contributed by atoms with Crippen molar-refractivity contribution < 1.29 is 27.7 Å². The van der Waals surface area contributed by atoms with Gasteiger partial charge in [-0.15, -0.1) is 0 Å². The highest BCUT2D eigenvalue weighted by molar-refractivity contribution is 7.92. The molecular formula is C33H47NO6S. The maximum atomic E-state index is 12.8. The maximum absolute atomic E-state index is 12.8. The molecule has 2 aliphatic rings. The van der Waals surface area contributed by atoms with Gasteiger partial charge in [-0.2, -0.15) is 0 Å². The highest BCUT2D eigenvalue weighted by atomic mass is 32.2. The van der Waals surface area contributed by atoms with Gasteiger partial charge in [0.1, 0.15) is 5.75 Å². The lowest BCUT2D eigenvalue weighted by molar-refractivity contribution is -0.180. The summed E-state index contributed by atoms with van der Waals surface area (Å²) in [5, 5.41) is 13.6. The van der Waals surface area contributed by atoms with Crippen molar-refractivity contribution in [1.82, 2.24) is 5.32 Å². The van der Waals surface area contributed by atoms with Crippen LogP contribution in [0.4, 0.5) is 0 Å². The first kappa shape index (κ1) is 31.7. The average Bonchev–Trinajstić information content (AvgIpc) is 3.51. The summed E-state index contributed by atoms with van der Waals surface area (Å²) >= 11 is 0. The van der Waals surface area contributed by atoms with E-state index in [4.69, 9.17) is 14.2 Å². The number of rotatable bonds is 17. The Morgan fingerprint density at radius 2 is 1.76 bits per heavy atom. The Kier molecular flexibility index (Phi) is 11.8. The van der Waals surface area contributed by atoms with Gasteiger partial charge in [-0.25, -0.2) is 8.42 Å². The van der Waals surface area contributed by atoms with Crippen LogP contribution in [0.1, 0.15) is 88.0 Å². The quantitative estimate of drug-likeness (QED) is 0.173. The Hall–Kier alpha value is -2.23. The van der Waals surface area contributed by atoms with Gasteiger partial charge in [-0.05, 0) is 86.9 Å². The van der Waals surface area contributed by atoms with E-state index in [-0.39, 0.29) is 5.25 Å². The van der Waals surface area contributed by atoms with Crippen LogP contribution in [0.15, 0.2) is 59.5 Å². The average molecular weight is 586 g/mol. The van der Waals surface area contributed by atoms with Gasteiger partial charge in [0, 0.05) is 39.2 Å². The number of fused-ring (bicyclic) bond motifs is 1. The smallest absolute Gasteiger partial charge is 0.205 e. The summed E-state index contributed by atoms with van der Waals surface area (Å²) in [6, 6.07) is 13.3. The van der Waals surface area contributed by atoms with Crippen LogP contribution in [-0.4, -0.2) is 50.9 Å². The summed E-state index contributed by atoms with van der Waals surface area (Å²) in [5.41, 5.74) is 2.92. The number of ether oxygens (including phenoxy) is 3. The molecule has 0 spiro atoms. The van der Waals surface area contributed by atoms with Crippen molar-refractivity contribution in [1.29, 1.82) is 0 Å². The molecule has 0 amide bonds. The van der Waals surface area contributed by atoms with E-state index in [0.29, 0.717) is 30.9 Å². The molecule has 0 bridgehead atoms. The van der Waals surface area contributed by atoms with Gasteiger partial charge < -0.3 is 24.6 Å². The molecule has 2 N–H and O–H groups in total. The van der Waals surface area contributed by atoms with Crippen LogP contribution in [0.3, 0.4) is 0 Å². The van der Waals surface area contributed by atoms with Crippen LogP contribution in [0.25, 0.3) is 0 Å². The van der Waals surface area contributed by atoms with E-state index in [0.717, 1.165) is 87.1 Å². The first-order valence-electron chi connectivity index (χ1n) is 15.1. The fourth-order valence-electron chi connectivity index (χ4n) is 5.28. The maximum Gasteiger partial charge on any atom is 0.205 e. The van der Waals surface area contributed by atoms with Crippen molar-refractivity contribution in [3.05, 3.63) is 71.3 Å². The van der Waals surface area contributed by atoms with Gasteiger partial charge >= 0.3 is 0 Å². The normalized spacial score (nSPS) is 17.3. The van der Waals surface area contributed by atoms with Crippen molar-refractivity contribution in [3.63, 3.8) is 0 Å². The minimum atomic E-state index is -3.25. The van der Waals surface area contributed by atoms with Crippen LogP contribution in [0.2, 0.25) is 0 Å². The molecule has 2 aromatic rings. The summed E-state index contributed by atoms with van der Waals surface area (Å²) in [7, 11) is -3.25. The zero-order valence-electron chi connectivity index (χ0n) is 24.6. The Morgan fingerprint density at radius 3 is 2.56 bits per heavy atom.